The summed E-state index contributed by atoms with van der Waals surface area (Å²) in [5, 5.41) is 25.5. The van der Waals surface area contributed by atoms with Gasteiger partial charge in [0, 0.05) is 69.5 Å². The molecule has 0 bridgehead atoms. The highest BCUT2D eigenvalue weighted by Gasteiger charge is 2.44. The van der Waals surface area contributed by atoms with Gasteiger partial charge in [0.15, 0.2) is 5.96 Å². The van der Waals surface area contributed by atoms with Gasteiger partial charge in [-0.15, -0.1) is 0 Å². The zero-order valence-electron chi connectivity index (χ0n) is 37.1. The molecule has 4 heterocycles. The predicted octanol–water partition coefficient (Wildman–Crippen LogP) is 1.03. The Labute approximate surface area is 383 Å². The number of nitrogens with two attached hydrogens (primary N) is 1. The summed E-state index contributed by atoms with van der Waals surface area (Å²) >= 11 is 0. The van der Waals surface area contributed by atoms with Crippen LogP contribution in [0, 0.1) is 5.41 Å². The van der Waals surface area contributed by atoms with Crippen molar-refractivity contribution in [1.82, 2.24) is 46.7 Å². The highest BCUT2D eigenvalue weighted by molar-refractivity contribution is 5.98. The Hall–Kier alpha value is -7.24. The summed E-state index contributed by atoms with van der Waals surface area (Å²) in [5.74, 6) is -3.87. The SMILES string of the molecule is CC(=O)N[C@@H](Cc1ccccc1)C(=O)N[C@H]1CCCNC(=O)C(CCCNC(=N)N)NC(=O)C(Cc2c[nH]c3ccccc23)NC(=O)[C@H]2Cc3ccccc3CN2C(=O)C2CCCN2C1=O. The van der Waals surface area contributed by atoms with Crippen LogP contribution < -0.4 is 37.6 Å². The molecule has 0 aliphatic carbocycles. The number of para-hydroxylation sites is 1. The van der Waals surface area contributed by atoms with Gasteiger partial charge in [-0.25, -0.2) is 0 Å². The fourth-order valence-corrected chi connectivity index (χ4v) is 9.21. The van der Waals surface area contributed by atoms with Crippen molar-refractivity contribution in [3.05, 3.63) is 107 Å². The van der Waals surface area contributed by atoms with Gasteiger partial charge in [0.05, 0.1) is 0 Å². The Kier molecular flexibility index (Phi) is 15.3. The number of H-pyrrole nitrogens is 1. The highest BCUT2D eigenvalue weighted by atomic mass is 16.2. The van der Waals surface area contributed by atoms with Crippen LogP contribution in [0.3, 0.4) is 0 Å². The molecule has 7 amide bonds. The summed E-state index contributed by atoms with van der Waals surface area (Å²) in [6.07, 6.45) is 3.74. The van der Waals surface area contributed by atoms with Gasteiger partial charge in [-0.1, -0.05) is 72.8 Å². The van der Waals surface area contributed by atoms with E-state index in [1.165, 1.54) is 16.7 Å². The van der Waals surface area contributed by atoms with Gasteiger partial charge in [-0.05, 0) is 66.8 Å². The van der Waals surface area contributed by atoms with Crippen molar-refractivity contribution in [1.29, 1.82) is 5.41 Å². The van der Waals surface area contributed by atoms with E-state index in [0.29, 0.717) is 19.3 Å². The van der Waals surface area contributed by atoms with E-state index in [1.54, 1.807) is 6.20 Å². The Morgan fingerprint density at radius 3 is 2.32 bits per heavy atom. The molecule has 0 saturated carbocycles. The topological polar surface area (TPSA) is 264 Å². The monoisotopic (exact) mass is 901 g/mol. The minimum absolute atomic E-state index is 0.0580. The van der Waals surface area contributed by atoms with Crippen LogP contribution in [0.2, 0.25) is 0 Å². The van der Waals surface area contributed by atoms with Gasteiger partial charge in [-0.3, -0.25) is 39.0 Å². The lowest BCUT2D eigenvalue weighted by atomic mass is 9.92. The summed E-state index contributed by atoms with van der Waals surface area (Å²) in [4.78, 5) is 106. The number of hydrogen-bond donors (Lipinski definition) is 9. The zero-order chi connectivity index (χ0) is 46.7. The number of carbonyl (C=O) groups is 7. The maximum absolute atomic E-state index is 15.0. The fraction of sp³-hybridized carbons (Fsp3) is 0.417. The number of carbonyl (C=O) groups excluding carboxylic acids is 7. The van der Waals surface area contributed by atoms with Crippen LogP contribution in [0.25, 0.3) is 10.9 Å². The van der Waals surface area contributed by atoms with Gasteiger partial charge in [0.1, 0.15) is 36.3 Å². The third-order valence-electron chi connectivity index (χ3n) is 12.6. The number of nitrogens with one attached hydrogen (secondary N) is 8. The Morgan fingerprint density at radius 2 is 1.55 bits per heavy atom. The first kappa shape index (κ1) is 46.7. The lowest BCUT2D eigenvalue weighted by Gasteiger charge is -2.40. The van der Waals surface area contributed by atoms with Gasteiger partial charge in [0.25, 0.3) is 0 Å². The van der Waals surface area contributed by atoms with Crippen molar-refractivity contribution in [2.45, 2.75) is 108 Å². The van der Waals surface area contributed by atoms with Crippen molar-refractivity contribution in [3.8, 4) is 0 Å². The number of amides is 7. The molecule has 3 aliphatic heterocycles. The molecule has 348 valence electrons. The Balaban J connectivity index is 1.22. The molecule has 3 aromatic carbocycles. The summed E-state index contributed by atoms with van der Waals surface area (Å²) in [6.45, 7) is 1.93. The quantitative estimate of drug-likeness (QED) is 0.0591. The molecule has 2 saturated heterocycles. The van der Waals surface area contributed by atoms with E-state index < -0.39 is 77.6 Å². The van der Waals surface area contributed by atoms with Gasteiger partial charge in [0.2, 0.25) is 41.4 Å². The molecule has 7 rings (SSSR count). The van der Waals surface area contributed by atoms with Crippen molar-refractivity contribution < 1.29 is 33.6 Å². The van der Waals surface area contributed by atoms with E-state index in [4.69, 9.17) is 11.1 Å². The van der Waals surface area contributed by atoms with Crippen LogP contribution in [0.4, 0.5) is 0 Å². The first-order valence-electron chi connectivity index (χ1n) is 22.7. The number of aromatic amines is 1. The van der Waals surface area contributed by atoms with Crippen LogP contribution in [0.15, 0.2) is 85.1 Å². The van der Waals surface area contributed by atoms with Crippen LogP contribution in [0.1, 0.15) is 67.7 Å². The molecule has 2 fully saturated rings. The Bertz CT molecular complexity index is 2440. The number of aromatic nitrogens is 1. The molecule has 0 radical (unpaired) electrons. The second kappa shape index (κ2) is 21.6. The van der Waals surface area contributed by atoms with Crippen molar-refractivity contribution in [2.24, 2.45) is 5.73 Å². The maximum atomic E-state index is 15.0. The molecule has 1 aromatic heterocycles. The standard InChI is InChI=1S/C48H59N11O7/c1-29(60)54-38(24-30-12-3-2-4-13-30)43(62)56-37-19-10-21-51-42(61)36(18-9-22-52-48(49)50)55-44(63)39(25-33-27-53-35-17-8-7-16-34(33)35)57-45(64)41-26-31-14-5-6-15-32(31)28-59(41)47(66)40-20-11-23-58(40)46(37)65/h2-8,12-17,27,36-41,53H,9-11,18-26,28H2,1H3,(H,51,61)(H,54,60)(H,55,63)(H,56,62)(H,57,64)(H4,49,50,52)/t36?,37-,38-,39?,40?,41+/m0/s1. The number of benzene rings is 3. The lowest BCUT2D eigenvalue weighted by Crippen LogP contribution is -2.62. The largest absolute Gasteiger partial charge is 0.370 e. The molecule has 4 aromatic rings. The van der Waals surface area contributed by atoms with Crippen LogP contribution in [-0.4, -0.2) is 118 Å². The lowest BCUT2D eigenvalue weighted by molar-refractivity contribution is -0.150. The number of guanidine groups is 1. The minimum Gasteiger partial charge on any atom is -0.370 e. The number of nitrogens with zero attached hydrogens (tertiary/aromatic N) is 2. The zero-order valence-corrected chi connectivity index (χ0v) is 37.1. The average Bonchev–Trinajstić information content (AvgIpc) is 3.97. The van der Waals surface area contributed by atoms with E-state index in [2.05, 4.69) is 36.9 Å². The van der Waals surface area contributed by atoms with Crippen LogP contribution in [-0.2, 0) is 59.4 Å². The first-order valence-corrected chi connectivity index (χ1v) is 22.7. The van der Waals surface area contributed by atoms with Gasteiger partial charge < -0.3 is 52.4 Å². The number of hydrogen-bond acceptors (Lipinski definition) is 8. The van der Waals surface area contributed by atoms with Gasteiger partial charge >= 0.3 is 0 Å². The second-order valence-corrected chi connectivity index (χ2v) is 17.3. The maximum Gasteiger partial charge on any atom is 0.246 e. The first-order chi connectivity index (χ1) is 31.9. The van der Waals surface area contributed by atoms with E-state index >= 15 is 0 Å². The molecule has 3 aliphatic rings. The normalized spacial score (nSPS) is 22.3. The Morgan fingerprint density at radius 1 is 0.818 bits per heavy atom. The molecule has 0 spiro atoms. The van der Waals surface area contributed by atoms with E-state index in [1.807, 2.05) is 78.9 Å². The van der Waals surface area contributed by atoms with Crippen LogP contribution >= 0.6 is 0 Å². The predicted molar refractivity (Wildman–Crippen MR) is 246 cm³/mol. The molecule has 10 N–H and O–H groups in total. The molecule has 6 atom stereocenters. The summed E-state index contributed by atoms with van der Waals surface area (Å²) in [6, 6.07) is 17.8. The van der Waals surface area contributed by atoms with Gasteiger partial charge in [-0.2, -0.15) is 0 Å². The average molecular weight is 902 g/mol. The number of rotatable bonds is 11. The molecule has 18 nitrogen and oxygen atoms in total. The summed E-state index contributed by atoms with van der Waals surface area (Å²) in [5.41, 5.74) is 9.60. The smallest absolute Gasteiger partial charge is 0.246 e. The molecule has 3 unspecified atom stereocenters. The van der Waals surface area contributed by atoms with Crippen molar-refractivity contribution >= 4 is 58.2 Å². The minimum atomic E-state index is -1.17. The van der Waals surface area contributed by atoms with Crippen LogP contribution in [0.5, 0.6) is 0 Å². The summed E-state index contributed by atoms with van der Waals surface area (Å²) < 4.78 is 0. The fourth-order valence-electron chi connectivity index (χ4n) is 9.21. The van der Waals surface area contributed by atoms with E-state index in [-0.39, 0.29) is 70.7 Å². The van der Waals surface area contributed by atoms with Crippen molar-refractivity contribution in [3.63, 3.8) is 0 Å². The highest BCUT2D eigenvalue weighted by Crippen LogP contribution is 2.29. The molecule has 66 heavy (non-hydrogen) atoms. The second-order valence-electron chi connectivity index (χ2n) is 17.3. The third kappa shape index (κ3) is 11.5. The molecule has 18 heteroatoms. The molecular weight excluding hydrogens is 843 g/mol. The van der Waals surface area contributed by atoms with Crippen molar-refractivity contribution in [2.75, 3.05) is 19.6 Å². The summed E-state index contributed by atoms with van der Waals surface area (Å²) in [7, 11) is 0. The van der Waals surface area contributed by atoms with E-state index in [9.17, 15) is 33.6 Å². The number of fused-ring (bicyclic) bond motifs is 4. The van der Waals surface area contributed by atoms with E-state index in [0.717, 1.165) is 33.2 Å². The third-order valence-corrected chi connectivity index (χ3v) is 12.6. The molecular formula is C48H59N11O7.